The Morgan fingerprint density at radius 2 is 1.83 bits per heavy atom. The molecule has 0 saturated carbocycles. The van der Waals surface area contributed by atoms with E-state index in [0.717, 1.165) is 61.8 Å². The average molecular weight is 583 g/mol. The van der Waals surface area contributed by atoms with Crippen molar-refractivity contribution in [2.24, 2.45) is 5.92 Å². The van der Waals surface area contributed by atoms with Crippen molar-refractivity contribution < 1.29 is 22.5 Å². The smallest absolute Gasteiger partial charge is 0.351 e. The van der Waals surface area contributed by atoms with E-state index >= 15 is 0 Å². The lowest BCUT2D eigenvalue weighted by Crippen LogP contribution is -2.53. The van der Waals surface area contributed by atoms with Crippen LogP contribution in [0.2, 0.25) is 0 Å². The summed E-state index contributed by atoms with van der Waals surface area (Å²) in [5.74, 6) is -1.30. The van der Waals surface area contributed by atoms with E-state index in [2.05, 4.69) is 35.6 Å². The molecule has 0 unspecified atom stereocenters. The molecule has 2 aliphatic heterocycles. The molecule has 214 valence electrons. The molecule has 2 aromatic carbocycles. The minimum absolute atomic E-state index is 0.228. The second-order valence-electron chi connectivity index (χ2n) is 10.7. The molecule has 12 heteroatoms. The van der Waals surface area contributed by atoms with Crippen LogP contribution < -0.4 is 10.6 Å². The summed E-state index contributed by atoms with van der Waals surface area (Å²) in [6.07, 6.45) is -3.02. The third-order valence-corrected chi connectivity index (χ3v) is 8.95. The number of nitrogens with one attached hydrogen (secondary N) is 2. The van der Waals surface area contributed by atoms with Gasteiger partial charge in [-0.3, -0.25) is 4.79 Å². The zero-order valence-electron chi connectivity index (χ0n) is 22.2. The molecule has 0 aliphatic carbocycles. The molecule has 2 aliphatic rings. The summed E-state index contributed by atoms with van der Waals surface area (Å²) < 4.78 is 43.1. The lowest BCUT2D eigenvalue weighted by Gasteiger charge is -2.43. The highest BCUT2D eigenvalue weighted by Crippen LogP contribution is 2.39. The number of thiazole rings is 1. The maximum atomic E-state index is 13.3. The van der Waals surface area contributed by atoms with E-state index in [0.29, 0.717) is 18.0 Å². The van der Waals surface area contributed by atoms with Crippen molar-refractivity contribution in [2.45, 2.75) is 24.4 Å². The van der Waals surface area contributed by atoms with Crippen LogP contribution in [0, 0.1) is 5.92 Å². The van der Waals surface area contributed by atoms with Crippen LogP contribution in [0.3, 0.4) is 0 Å². The molecule has 0 spiro atoms. The van der Waals surface area contributed by atoms with E-state index in [4.69, 9.17) is 4.98 Å². The van der Waals surface area contributed by atoms with Crippen LogP contribution in [-0.2, 0) is 11.6 Å². The predicted molar refractivity (Wildman–Crippen MR) is 148 cm³/mol. The van der Waals surface area contributed by atoms with Crippen molar-refractivity contribution in [1.29, 1.82) is 0 Å². The third kappa shape index (κ3) is 6.04. The number of amides is 1. The summed E-state index contributed by atoms with van der Waals surface area (Å²) in [6, 6.07) is 16.2. The van der Waals surface area contributed by atoms with Crippen molar-refractivity contribution in [3.63, 3.8) is 0 Å². The summed E-state index contributed by atoms with van der Waals surface area (Å²) in [4.78, 5) is 24.3. The molecule has 1 amide bonds. The van der Waals surface area contributed by atoms with Crippen LogP contribution in [-0.4, -0.2) is 65.2 Å². The number of piperidine rings is 1. The van der Waals surface area contributed by atoms with Crippen molar-refractivity contribution >= 4 is 17.2 Å². The first kappa shape index (κ1) is 27.6. The van der Waals surface area contributed by atoms with Gasteiger partial charge in [0.05, 0.1) is 5.69 Å². The van der Waals surface area contributed by atoms with Gasteiger partial charge in [-0.1, -0.05) is 47.6 Å². The normalized spacial score (nSPS) is 17.7. The van der Waals surface area contributed by atoms with Crippen LogP contribution in [0.15, 0.2) is 64.5 Å². The monoisotopic (exact) mass is 582 g/mol. The van der Waals surface area contributed by atoms with Gasteiger partial charge in [-0.25, -0.2) is 4.98 Å². The number of halogens is 3. The third-order valence-electron chi connectivity index (χ3n) is 7.86. The molecule has 2 N–H and O–H groups in total. The fourth-order valence-corrected chi connectivity index (χ4v) is 6.43. The zero-order chi connectivity index (χ0) is 28.5. The molecule has 2 saturated heterocycles. The van der Waals surface area contributed by atoms with E-state index in [1.807, 2.05) is 30.3 Å². The number of hydrogen-bond donors (Lipinski definition) is 2. The fourth-order valence-electron chi connectivity index (χ4n) is 5.34. The first-order valence-electron chi connectivity index (χ1n) is 13.5. The molecule has 0 atom stereocenters. The van der Waals surface area contributed by atoms with Gasteiger partial charge < -0.3 is 20.1 Å². The molecule has 4 aromatic rings. The fraction of sp³-hybridized carbons (Fsp3) is 0.379. The van der Waals surface area contributed by atoms with Gasteiger partial charge in [-0.2, -0.15) is 18.2 Å². The Hall–Kier alpha value is -3.61. The van der Waals surface area contributed by atoms with Crippen molar-refractivity contribution in [2.75, 3.05) is 39.3 Å². The topological polar surface area (TPSA) is 96.2 Å². The summed E-state index contributed by atoms with van der Waals surface area (Å²) in [7, 11) is 0. The molecule has 0 bridgehead atoms. The molecule has 4 heterocycles. The first-order chi connectivity index (χ1) is 19.8. The number of likely N-dealkylation sites (tertiary alicyclic amines) is 1. The number of carbonyl (C=O) groups is 1. The molecule has 6 rings (SSSR count). The van der Waals surface area contributed by atoms with E-state index in [9.17, 15) is 18.0 Å². The number of nitrogens with zero attached hydrogens (tertiary/aromatic N) is 4. The van der Waals surface area contributed by atoms with Gasteiger partial charge in [0.1, 0.15) is 5.01 Å². The minimum atomic E-state index is -4.74. The van der Waals surface area contributed by atoms with Crippen LogP contribution in [0.1, 0.15) is 34.1 Å². The van der Waals surface area contributed by atoms with Crippen LogP contribution in [0.5, 0.6) is 0 Å². The maximum Gasteiger partial charge on any atom is 0.471 e. The van der Waals surface area contributed by atoms with Crippen LogP contribution in [0.25, 0.3) is 22.6 Å². The molecular formula is C29H29F3N6O2S. The van der Waals surface area contributed by atoms with Gasteiger partial charge in [0.25, 0.3) is 5.91 Å². The minimum Gasteiger partial charge on any atom is -0.351 e. The van der Waals surface area contributed by atoms with Gasteiger partial charge in [0.2, 0.25) is 5.82 Å². The average Bonchev–Trinajstić information content (AvgIpc) is 3.66. The summed E-state index contributed by atoms with van der Waals surface area (Å²) in [5, 5.41) is 12.9. The zero-order valence-corrected chi connectivity index (χ0v) is 23.0. The molecule has 41 heavy (non-hydrogen) atoms. The number of alkyl halides is 3. The number of hydrogen-bond acceptors (Lipinski definition) is 8. The summed E-state index contributed by atoms with van der Waals surface area (Å²) in [6.45, 7) is 5.43. The quantitative estimate of drug-likeness (QED) is 0.306. The van der Waals surface area contributed by atoms with Gasteiger partial charge >= 0.3 is 12.1 Å². The van der Waals surface area contributed by atoms with Crippen molar-refractivity contribution in [3.8, 4) is 22.6 Å². The first-order valence-corrected chi connectivity index (χ1v) is 14.4. The molecular weight excluding hydrogens is 553 g/mol. The van der Waals surface area contributed by atoms with Crippen molar-refractivity contribution in [1.82, 2.24) is 30.7 Å². The highest BCUT2D eigenvalue weighted by atomic mass is 32.1. The van der Waals surface area contributed by atoms with E-state index < -0.39 is 12.1 Å². The highest BCUT2D eigenvalue weighted by molar-refractivity contribution is 7.10. The van der Waals surface area contributed by atoms with E-state index in [-0.39, 0.29) is 22.7 Å². The standard InChI is InChI=1S/C29H29F3N6O2S/c30-29(31,32)26-36-24(37-40-26)21-7-4-8-22(13-21)25(39)34-18-28(9-11-38(12-10-28)16-19-14-33-15-19)27-35-23(17-41-27)20-5-2-1-3-6-20/h1-8,13,17,19,33H,9-12,14-16,18H2,(H,34,39). The molecule has 2 aromatic heterocycles. The van der Waals surface area contributed by atoms with E-state index in [1.54, 1.807) is 23.5 Å². The Balaban J connectivity index is 1.20. The van der Waals surface area contributed by atoms with Crippen molar-refractivity contribution in [3.05, 3.63) is 76.4 Å². The Kier molecular flexibility index (Phi) is 7.62. The second kappa shape index (κ2) is 11.3. The van der Waals surface area contributed by atoms with E-state index in [1.165, 1.54) is 12.1 Å². The van der Waals surface area contributed by atoms with Gasteiger partial charge in [0.15, 0.2) is 0 Å². The maximum absolute atomic E-state index is 13.3. The molecule has 8 nitrogen and oxygen atoms in total. The molecule has 2 fully saturated rings. The van der Waals surface area contributed by atoms with Gasteiger partial charge in [-0.15, -0.1) is 11.3 Å². The van der Waals surface area contributed by atoms with Gasteiger partial charge in [0, 0.05) is 53.7 Å². The Labute approximate surface area is 239 Å². The summed E-state index contributed by atoms with van der Waals surface area (Å²) >= 11 is 1.62. The van der Waals surface area contributed by atoms with Gasteiger partial charge in [-0.05, 0) is 44.0 Å². The summed E-state index contributed by atoms with van der Waals surface area (Å²) in [5.41, 5.74) is 2.21. The largest absolute Gasteiger partial charge is 0.471 e. The molecule has 0 radical (unpaired) electrons. The highest BCUT2D eigenvalue weighted by Gasteiger charge is 2.40. The number of benzene rings is 2. The number of aromatic nitrogens is 3. The SMILES string of the molecule is O=C(NCC1(c2nc(-c3ccccc3)cs2)CCN(CC2CNC2)CC1)c1cccc(-c2noc(C(F)(F)F)n2)c1. The Morgan fingerprint density at radius 3 is 2.51 bits per heavy atom. The second-order valence-corrected chi connectivity index (χ2v) is 11.6. The lowest BCUT2D eigenvalue weighted by molar-refractivity contribution is -0.159. The number of rotatable bonds is 8. The lowest BCUT2D eigenvalue weighted by atomic mass is 9.78. The van der Waals surface area contributed by atoms with Crippen LogP contribution >= 0.6 is 11.3 Å². The Bertz CT molecular complexity index is 1490. The Morgan fingerprint density at radius 1 is 1.07 bits per heavy atom. The number of carbonyl (C=O) groups excluding carboxylic acids is 1. The predicted octanol–water partition coefficient (Wildman–Crippen LogP) is 4.86. The van der Waals surface area contributed by atoms with Crippen LogP contribution in [0.4, 0.5) is 13.2 Å².